The molecule has 4 nitrogen and oxygen atoms in total. The molecule has 0 aliphatic rings. The van der Waals surface area contributed by atoms with Crippen LogP contribution in [0.5, 0.6) is 5.75 Å². The Labute approximate surface area is 119 Å². The first kappa shape index (κ1) is 14.6. The number of hydrogen-bond acceptors (Lipinski definition) is 3. The predicted molar refractivity (Wildman–Crippen MR) is 81.5 cm³/mol. The van der Waals surface area contributed by atoms with Gasteiger partial charge in [0.2, 0.25) is 5.91 Å². The van der Waals surface area contributed by atoms with Gasteiger partial charge in [0.25, 0.3) is 0 Å². The number of aromatic nitrogens is 1. The van der Waals surface area contributed by atoms with Crippen molar-refractivity contribution in [2.75, 3.05) is 20.2 Å². The van der Waals surface area contributed by atoms with Gasteiger partial charge in [-0.2, -0.15) is 0 Å². The molecule has 0 saturated heterocycles. The van der Waals surface area contributed by atoms with Crippen LogP contribution in [0.3, 0.4) is 0 Å². The number of rotatable bonds is 5. The number of carbonyl (C=O) groups excluding carboxylic acids is 1. The Morgan fingerprint density at radius 1 is 1.30 bits per heavy atom. The van der Waals surface area contributed by atoms with Gasteiger partial charge in [0, 0.05) is 11.6 Å². The van der Waals surface area contributed by atoms with E-state index in [1.807, 2.05) is 37.4 Å². The molecule has 0 fully saturated rings. The standard InChI is InChI=1S/C16H22N2O2/c1-5-17(6-2)12(3)16(19)18-10-9-13-11-14(20-4)7-8-15(13)18/h7-12H,5-6H2,1-4H3/t12-/m0/s1. The van der Waals surface area contributed by atoms with Crippen LogP contribution >= 0.6 is 0 Å². The van der Waals surface area contributed by atoms with Crippen molar-refractivity contribution in [2.45, 2.75) is 26.8 Å². The van der Waals surface area contributed by atoms with Crippen molar-refractivity contribution in [2.24, 2.45) is 0 Å². The van der Waals surface area contributed by atoms with Crippen molar-refractivity contribution in [3.05, 3.63) is 30.5 Å². The second-order valence-corrected chi connectivity index (χ2v) is 4.85. The van der Waals surface area contributed by atoms with Gasteiger partial charge in [0.05, 0.1) is 18.7 Å². The number of nitrogens with zero attached hydrogens (tertiary/aromatic N) is 2. The van der Waals surface area contributed by atoms with Crippen LogP contribution in [0.2, 0.25) is 0 Å². The Kier molecular flexibility index (Phi) is 4.45. The van der Waals surface area contributed by atoms with E-state index in [0.29, 0.717) is 0 Å². The maximum Gasteiger partial charge on any atom is 0.248 e. The molecule has 0 bridgehead atoms. The highest BCUT2D eigenvalue weighted by Crippen LogP contribution is 2.22. The van der Waals surface area contributed by atoms with E-state index in [4.69, 9.17) is 4.74 Å². The van der Waals surface area contributed by atoms with E-state index < -0.39 is 0 Å². The summed E-state index contributed by atoms with van der Waals surface area (Å²) in [7, 11) is 1.64. The minimum Gasteiger partial charge on any atom is -0.497 e. The Balaban J connectivity index is 2.35. The number of benzene rings is 1. The van der Waals surface area contributed by atoms with Gasteiger partial charge >= 0.3 is 0 Å². The lowest BCUT2D eigenvalue weighted by Gasteiger charge is -2.25. The van der Waals surface area contributed by atoms with Crippen LogP contribution in [0, 0.1) is 0 Å². The molecule has 20 heavy (non-hydrogen) atoms. The highest BCUT2D eigenvalue weighted by Gasteiger charge is 2.21. The monoisotopic (exact) mass is 274 g/mol. The third-order valence-corrected chi connectivity index (χ3v) is 3.85. The molecular formula is C16H22N2O2. The lowest BCUT2D eigenvalue weighted by molar-refractivity contribution is 0.0769. The molecule has 0 aliphatic carbocycles. The first-order valence-electron chi connectivity index (χ1n) is 7.05. The van der Waals surface area contributed by atoms with Crippen molar-refractivity contribution >= 4 is 16.8 Å². The fourth-order valence-corrected chi connectivity index (χ4v) is 2.57. The normalized spacial score (nSPS) is 12.8. The lowest BCUT2D eigenvalue weighted by Crippen LogP contribution is -2.41. The summed E-state index contributed by atoms with van der Waals surface area (Å²) in [5.41, 5.74) is 0.926. The molecule has 1 aromatic carbocycles. The average molecular weight is 274 g/mol. The fraction of sp³-hybridized carbons (Fsp3) is 0.438. The quantitative estimate of drug-likeness (QED) is 0.840. The van der Waals surface area contributed by atoms with Crippen molar-refractivity contribution < 1.29 is 9.53 Å². The zero-order valence-electron chi connectivity index (χ0n) is 12.6. The maximum absolute atomic E-state index is 12.6. The summed E-state index contributed by atoms with van der Waals surface area (Å²) < 4.78 is 6.94. The first-order chi connectivity index (χ1) is 9.62. The zero-order chi connectivity index (χ0) is 14.7. The van der Waals surface area contributed by atoms with E-state index >= 15 is 0 Å². The Bertz CT molecular complexity index is 600. The van der Waals surface area contributed by atoms with Gasteiger partial charge in [-0.05, 0) is 44.3 Å². The van der Waals surface area contributed by atoms with Crippen molar-refractivity contribution in [3.8, 4) is 5.75 Å². The number of likely N-dealkylation sites (N-methyl/N-ethyl adjacent to an activating group) is 1. The van der Waals surface area contributed by atoms with Crippen LogP contribution in [0.25, 0.3) is 10.9 Å². The molecule has 0 N–H and O–H groups in total. The molecule has 108 valence electrons. The van der Waals surface area contributed by atoms with Crippen LogP contribution in [0.15, 0.2) is 30.5 Å². The Hall–Kier alpha value is -1.81. The van der Waals surface area contributed by atoms with E-state index in [9.17, 15) is 4.79 Å². The van der Waals surface area contributed by atoms with Gasteiger partial charge < -0.3 is 4.74 Å². The zero-order valence-corrected chi connectivity index (χ0v) is 12.6. The van der Waals surface area contributed by atoms with Gasteiger partial charge in [-0.3, -0.25) is 14.3 Å². The summed E-state index contributed by atoms with van der Waals surface area (Å²) in [5.74, 6) is 0.911. The smallest absolute Gasteiger partial charge is 0.248 e. The van der Waals surface area contributed by atoms with Crippen LogP contribution in [0.1, 0.15) is 25.6 Å². The lowest BCUT2D eigenvalue weighted by atomic mass is 10.2. The minimum absolute atomic E-state index is 0.105. The number of carbonyl (C=O) groups is 1. The number of hydrogen-bond donors (Lipinski definition) is 0. The van der Waals surface area contributed by atoms with E-state index in [0.717, 1.165) is 29.7 Å². The van der Waals surface area contributed by atoms with Crippen molar-refractivity contribution in [3.63, 3.8) is 0 Å². The average Bonchev–Trinajstić information content (AvgIpc) is 2.90. The summed E-state index contributed by atoms with van der Waals surface area (Å²) in [4.78, 5) is 14.8. The molecule has 0 amide bonds. The van der Waals surface area contributed by atoms with Gasteiger partial charge in [0.1, 0.15) is 5.75 Å². The van der Waals surface area contributed by atoms with E-state index in [1.54, 1.807) is 11.7 Å². The highest BCUT2D eigenvalue weighted by molar-refractivity contribution is 5.95. The first-order valence-corrected chi connectivity index (χ1v) is 7.05. The topological polar surface area (TPSA) is 34.5 Å². The summed E-state index contributed by atoms with van der Waals surface area (Å²) >= 11 is 0. The van der Waals surface area contributed by atoms with Gasteiger partial charge in [0.15, 0.2) is 0 Å². The molecule has 1 heterocycles. The molecule has 0 saturated carbocycles. The maximum atomic E-state index is 12.6. The molecule has 1 aromatic heterocycles. The minimum atomic E-state index is -0.122. The van der Waals surface area contributed by atoms with Crippen LogP contribution in [0.4, 0.5) is 0 Å². The van der Waals surface area contributed by atoms with Crippen molar-refractivity contribution in [1.82, 2.24) is 9.47 Å². The molecule has 0 unspecified atom stereocenters. The molecular weight excluding hydrogens is 252 g/mol. The fourth-order valence-electron chi connectivity index (χ4n) is 2.57. The van der Waals surface area contributed by atoms with Gasteiger partial charge in [-0.25, -0.2) is 0 Å². The molecule has 4 heteroatoms. The van der Waals surface area contributed by atoms with Crippen molar-refractivity contribution in [1.29, 1.82) is 0 Å². The van der Waals surface area contributed by atoms with Crippen LogP contribution < -0.4 is 4.74 Å². The molecule has 1 atom stereocenters. The molecule has 2 rings (SSSR count). The highest BCUT2D eigenvalue weighted by atomic mass is 16.5. The number of methoxy groups -OCH3 is 1. The second-order valence-electron chi connectivity index (χ2n) is 4.85. The third kappa shape index (κ3) is 2.56. The number of ether oxygens (including phenoxy) is 1. The number of fused-ring (bicyclic) bond motifs is 1. The Morgan fingerprint density at radius 3 is 2.60 bits per heavy atom. The largest absolute Gasteiger partial charge is 0.497 e. The predicted octanol–water partition coefficient (Wildman–Crippen LogP) is 3.02. The second kappa shape index (κ2) is 6.09. The van der Waals surface area contributed by atoms with Crippen LogP contribution in [-0.2, 0) is 0 Å². The van der Waals surface area contributed by atoms with E-state index in [2.05, 4.69) is 18.7 Å². The van der Waals surface area contributed by atoms with Gasteiger partial charge in [-0.1, -0.05) is 13.8 Å². The molecule has 0 radical (unpaired) electrons. The third-order valence-electron chi connectivity index (χ3n) is 3.85. The van der Waals surface area contributed by atoms with Gasteiger partial charge in [-0.15, -0.1) is 0 Å². The summed E-state index contributed by atoms with van der Waals surface area (Å²) in [6.07, 6.45) is 1.84. The molecule has 0 aliphatic heterocycles. The van der Waals surface area contributed by atoms with Crippen LogP contribution in [-0.4, -0.2) is 41.6 Å². The van der Waals surface area contributed by atoms with E-state index in [-0.39, 0.29) is 11.9 Å². The molecule has 0 spiro atoms. The SMILES string of the molecule is CCN(CC)[C@@H](C)C(=O)n1ccc2cc(OC)ccc21. The summed E-state index contributed by atoms with van der Waals surface area (Å²) in [6.45, 7) is 7.86. The van der Waals surface area contributed by atoms with E-state index in [1.165, 1.54) is 0 Å². The molecule has 2 aromatic rings. The summed E-state index contributed by atoms with van der Waals surface area (Å²) in [6, 6.07) is 7.59. The Morgan fingerprint density at radius 2 is 2.00 bits per heavy atom. The summed E-state index contributed by atoms with van der Waals surface area (Å²) in [5, 5.41) is 1.02.